The van der Waals surface area contributed by atoms with Gasteiger partial charge in [-0.2, -0.15) is 0 Å². The predicted octanol–water partition coefficient (Wildman–Crippen LogP) is 5.60. The van der Waals surface area contributed by atoms with Crippen molar-refractivity contribution in [2.45, 2.75) is 273 Å². The number of carbonyl (C=O) groups is 1. The van der Waals surface area contributed by atoms with Crippen LogP contribution in [-0.4, -0.2) is 174 Å². The van der Waals surface area contributed by atoms with E-state index >= 15 is 0 Å². The summed E-state index contributed by atoms with van der Waals surface area (Å²) < 4.78 is 85.0. The summed E-state index contributed by atoms with van der Waals surface area (Å²) in [6.07, 6.45) is -1.47. The van der Waals surface area contributed by atoms with E-state index in [1.165, 1.54) is 0 Å². The third kappa shape index (κ3) is 10.8. The Morgan fingerprint density at radius 1 is 0.700 bits per heavy atom. The molecule has 8 aliphatic heterocycles. The molecule has 8 fully saturated rings. The number of rotatable bonds is 14. The number of ether oxygens (including phenoxy) is 13. The highest BCUT2D eigenvalue weighted by molar-refractivity contribution is 5.68. The second-order valence-corrected chi connectivity index (χ2v) is 23.4. The van der Waals surface area contributed by atoms with Crippen LogP contribution in [0.25, 0.3) is 0 Å². The predicted molar refractivity (Wildman–Crippen MR) is 250 cm³/mol. The second-order valence-electron chi connectivity index (χ2n) is 23.4. The fourth-order valence-corrected chi connectivity index (χ4v) is 13.7. The highest BCUT2D eigenvalue weighted by atomic mass is 16.7. The van der Waals surface area contributed by atoms with E-state index < -0.39 is 108 Å². The van der Waals surface area contributed by atoms with Crippen LogP contribution in [-0.2, 0) is 66.4 Å². The lowest BCUT2D eigenvalue weighted by molar-refractivity contribution is -0.377. The number of aliphatic hydroxyl groups excluding tert-OH is 1. The normalized spacial score (nSPS) is 53.9. The number of hydrogen-bond donors (Lipinski definition) is 4. The van der Waals surface area contributed by atoms with Crippen molar-refractivity contribution in [2.24, 2.45) is 29.6 Å². The Kier molecular flexibility index (Phi) is 16.6. The summed E-state index contributed by atoms with van der Waals surface area (Å²) in [6.45, 7) is 19.5. The Morgan fingerprint density at radius 3 is 1.94 bits per heavy atom. The first-order valence-corrected chi connectivity index (χ1v) is 26.5. The van der Waals surface area contributed by atoms with E-state index in [-0.39, 0.29) is 67.1 Å². The molecule has 14 unspecified atom stereocenters. The molecule has 4 N–H and O–H groups in total. The van der Waals surface area contributed by atoms with Crippen LogP contribution in [0.4, 0.5) is 0 Å². The van der Waals surface area contributed by atoms with Crippen LogP contribution in [0.15, 0.2) is 0 Å². The number of aliphatic hydroxyl groups is 3. The Morgan fingerprint density at radius 2 is 1.34 bits per heavy atom. The van der Waals surface area contributed by atoms with E-state index in [0.717, 1.165) is 12.8 Å². The van der Waals surface area contributed by atoms with Crippen molar-refractivity contribution in [3.63, 3.8) is 0 Å². The molecule has 0 aromatic heterocycles. The van der Waals surface area contributed by atoms with E-state index in [4.69, 9.17) is 61.6 Å². The molecule has 8 heterocycles. The minimum absolute atomic E-state index is 0.00895. The molecule has 0 aliphatic carbocycles. The Bertz CT molecular complexity index is 1770. The quantitative estimate of drug-likeness (QED) is 0.166. The van der Waals surface area contributed by atoms with E-state index in [1.54, 1.807) is 35.2 Å². The summed E-state index contributed by atoms with van der Waals surface area (Å²) in [4.78, 5) is 12.3. The summed E-state index contributed by atoms with van der Waals surface area (Å²) in [6, 6.07) is 0. The molecule has 0 saturated carbocycles. The van der Waals surface area contributed by atoms with Gasteiger partial charge >= 0.3 is 5.97 Å². The molecule has 404 valence electrons. The molecule has 18 heteroatoms. The number of methoxy groups -OCH3 is 3. The Balaban J connectivity index is 0.991. The molecule has 8 aliphatic rings. The van der Waals surface area contributed by atoms with Crippen LogP contribution >= 0.6 is 0 Å². The molecular weight excluding hydrogens is 913 g/mol. The van der Waals surface area contributed by atoms with Crippen molar-refractivity contribution in [3.8, 4) is 0 Å². The molecule has 0 amide bonds. The third-order valence-corrected chi connectivity index (χ3v) is 18.4. The van der Waals surface area contributed by atoms with E-state index in [1.807, 2.05) is 34.6 Å². The first-order chi connectivity index (χ1) is 32.9. The molecule has 0 aromatic rings. The van der Waals surface area contributed by atoms with Crippen LogP contribution in [0.1, 0.15) is 146 Å². The second kappa shape index (κ2) is 21.1. The summed E-state index contributed by atoms with van der Waals surface area (Å²) in [5.74, 6) is -7.48. The molecule has 18 nitrogen and oxygen atoms in total. The van der Waals surface area contributed by atoms with Gasteiger partial charge in [-0.15, -0.1) is 0 Å². The fraction of sp³-hybridized carbons (Fsp3) is 0.981. The SMILES string of the molecule is COC1CCC(O[C@H]2CC(C3OC(C)(O)C(C)CC3C)OC2C2(C)CCC(C3(C)CCC4(C[C@H](O)[C@@H](C)[C@@H]([C@H](C)[C@H]5O[C@@](O)(CC(=O)O)[C@H](C)[C@@H](O[C@@H]6CC[C@@H](OC)C(C)O6)[C@@H]5OC)O4)O3)O2)OC1C. The lowest BCUT2D eigenvalue weighted by Gasteiger charge is -2.54. The van der Waals surface area contributed by atoms with Crippen molar-refractivity contribution < 1.29 is 86.8 Å². The van der Waals surface area contributed by atoms with Gasteiger partial charge in [0.2, 0.25) is 0 Å². The summed E-state index contributed by atoms with van der Waals surface area (Å²) in [5, 5.41) is 45.3. The smallest absolute Gasteiger partial charge is 0.308 e. The van der Waals surface area contributed by atoms with Gasteiger partial charge in [-0.3, -0.25) is 4.79 Å². The minimum atomic E-state index is -2.12. The van der Waals surface area contributed by atoms with Crippen LogP contribution in [0.3, 0.4) is 0 Å². The molecular formula is C52H88O18. The number of carboxylic acid groups (broad SMARTS) is 1. The lowest BCUT2D eigenvalue weighted by Crippen LogP contribution is -2.66. The lowest BCUT2D eigenvalue weighted by atomic mass is 9.75. The van der Waals surface area contributed by atoms with Gasteiger partial charge < -0.3 is 82.0 Å². The van der Waals surface area contributed by atoms with Gasteiger partial charge in [0.05, 0.1) is 90.9 Å². The largest absolute Gasteiger partial charge is 0.481 e. The van der Waals surface area contributed by atoms with Crippen molar-refractivity contribution in [2.75, 3.05) is 21.3 Å². The van der Waals surface area contributed by atoms with E-state index in [9.17, 15) is 25.2 Å². The third-order valence-electron chi connectivity index (χ3n) is 18.4. The fourth-order valence-electron chi connectivity index (χ4n) is 13.7. The summed E-state index contributed by atoms with van der Waals surface area (Å²) in [5.41, 5.74) is -1.59. The molecule has 0 radical (unpaired) electrons. The van der Waals surface area contributed by atoms with Crippen molar-refractivity contribution >= 4 is 5.97 Å². The van der Waals surface area contributed by atoms with Crippen LogP contribution < -0.4 is 0 Å². The molecule has 0 bridgehead atoms. The zero-order valence-electron chi connectivity index (χ0n) is 44.1. The molecule has 8 rings (SSSR count). The zero-order valence-corrected chi connectivity index (χ0v) is 44.1. The topological polar surface area (TPSA) is 218 Å². The van der Waals surface area contributed by atoms with Crippen LogP contribution in [0.2, 0.25) is 0 Å². The molecule has 0 aromatic carbocycles. The van der Waals surface area contributed by atoms with Crippen molar-refractivity contribution in [1.82, 2.24) is 0 Å². The van der Waals surface area contributed by atoms with Gasteiger partial charge in [0.15, 0.2) is 29.9 Å². The van der Waals surface area contributed by atoms with Gasteiger partial charge in [-0.1, -0.05) is 34.6 Å². The average molecular weight is 1000 g/mol. The van der Waals surface area contributed by atoms with E-state index in [0.29, 0.717) is 51.4 Å². The highest BCUT2D eigenvalue weighted by Gasteiger charge is 2.64. The van der Waals surface area contributed by atoms with Gasteiger partial charge in [-0.05, 0) is 79.1 Å². The van der Waals surface area contributed by atoms with Crippen LogP contribution in [0, 0.1) is 29.6 Å². The van der Waals surface area contributed by atoms with Gasteiger partial charge in [-0.25, -0.2) is 0 Å². The summed E-state index contributed by atoms with van der Waals surface area (Å²) in [7, 11) is 4.91. The molecule has 1 spiro atoms. The monoisotopic (exact) mass is 1000 g/mol. The number of aliphatic carboxylic acids is 1. The minimum Gasteiger partial charge on any atom is -0.481 e. The number of hydrogen-bond acceptors (Lipinski definition) is 17. The maximum atomic E-state index is 12.3. The summed E-state index contributed by atoms with van der Waals surface area (Å²) >= 11 is 0. The first-order valence-electron chi connectivity index (χ1n) is 26.5. The van der Waals surface area contributed by atoms with Gasteiger partial charge in [0.1, 0.15) is 12.2 Å². The molecule has 8 saturated heterocycles. The van der Waals surface area contributed by atoms with Crippen molar-refractivity contribution in [3.05, 3.63) is 0 Å². The Labute approximate surface area is 415 Å². The molecule has 26 atom stereocenters. The Hall–Kier alpha value is -1.17. The first kappa shape index (κ1) is 55.1. The maximum absolute atomic E-state index is 12.3. The standard InChI is InChI=1S/C52H88O18/c1-26-22-27(2)50(10,56)67-42(26)36-23-37(63-40-16-14-34(58-11)31(6)61-40)47(64-36)49(9)19-18-38(66-49)48(8)20-21-51(70-48)24-33(53)28(3)43(68-51)29(4)44-46(60-13)45(30(5)52(57,69-44)25-39(54)55)65-41-17-15-35(59-12)32(7)62-41/h26-38,40-47,53,56-57H,14-25H2,1-13H3,(H,54,55)/t26?,27?,28-,29+,30-,31?,32?,33+,34?,35-,36?,37+,38?,40?,41-,42?,43+,44-,45-,46-,47?,48?,49?,50?,51?,52+/m1/s1. The van der Waals surface area contributed by atoms with Crippen molar-refractivity contribution in [1.29, 1.82) is 0 Å². The maximum Gasteiger partial charge on any atom is 0.308 e. The zero-order chi connectivity index (χ0) is 50.9. The molecule has 70 heavy (non-hydrogen) atoms. The van der Waals surface area contributed by atoms with E-state index in [2.05, 4.69) is 20.8 Å². The van der Waals surface area contributed by atoms with Gasteiger partial charge in [0, 0.05) is 77.1 Å². The average Bonchev–Trinajstić information content (AvgIpc) is 4.01. The van der Waals surface area contributed by atoms with Gasteiger partial charge in [0.25, 0.3) is 0 Å². The van der Waals surface area contributed by atoms with Crippen LogP contribution in [0.5, 0.6) is 0 Å². The number of carboxylic acids is 1. The highest BCUT2D eigenvalue weighted by Crippen LogP contribution is 2.55.